The fraction of sp³-hybridized carbons (Fsp3) is 0.278. The van der Waals surface area contributed by atoms with Crippen LogP contribution in [0.25, 0.3) is 0 Å². The number of nitrogens with two attached hydrogens (primary N) is 1. The molecule has 0 aromatic heterocycles. The Morgan fingerprint density at radius 1 is 1.04 bits per heavy atom. The molecule has 0 aliphatic heterocycles. The molecule has 0 atom stereocenters. The van der Waals surface area contributed by atoms with E-state index in [1.165, 1.54) is 19.2 Å². The second-order valence-electron chi connectivity index (χ2n) is 5.68. The van der Waals surface area contributed by atoms with E-state index in [1.807, 2.05) is 12.1 Å². The van der Waals surface area contributed by atoms with Crippen LogP contribution in [0.4, 0.5) is 4.39 Å². The lowest BCUT2D eigenvalue weighted by Crippen LogP contribution is -2.79. The highest BCUT2D eigenvalue weighted by molar-refractivity contribution is 7.90. The molecule has 4 N–H and O–H groups in total. The molecule has 0 heterocycles. The summed E-state index contributed by atoms with van der Waals surface area (Å²) in [7, 11) is 0.357. The number of nitrogens with one attached hydrogen (secondary N) is 2. The van der Waals surface area contributed by atoms with Crippen LogP contribution in [0.3, 0.4) is 0 Å². The lowest BCUT2D eigenvalue weighted by atomic mass is 10.1. The molecule has 152 valence electrons. The minimum absolute atomic E-state index is 0.0519. The summed E-state index contributed by atoms with van der Waals surface area (Å²) in [6.07, 6.45) is 0.556. The molecule has 0 amide bonds. The van der Waals surface area contributed by atoms with Gasteiger partial charge in [-0.25, -0.2) is 4.39 Å². The zero-order valence-electron chi connectivity index (χ0n) is 15.8. The van der Waals surface area contributed by atoms with Gasteiger partial charge in [0.15, 0.2) is 23.1 Å². The Balaban J connectivity index is 2.03. The fourth-order valence-corrected chi connectivity index (χ4v) is 3.42. The number of hydrogen-bond acceptors (Lipinski definition) is 5. The van der Waals surface area contributed by atoms with Crippen molar-refractivity contribution in [3.63, 3.8) is 0 Å². The van der Waals surface area contributed by atoms with E-state index in [0.29, 0.717) is 24.5 Å². The van der Waals surface area contributed by atoms with Crippen LogP contribution in [0.5, 0.6) is 17.2 Å². The van der Waals surface area contributed by atoms with Crippen LogP contribution in [-0.2, 0) is 16.4 Å². The highest BCUT2D eigenvalue weighted by Crippen LogP contribution is 2.27. The first-order chi connectivity index (χ1) is 13.3. The quantitative estimate of drug-likeness (QED) is 0.408. The van der Waals surface area contributed by atoms with E-state index in [9.17, 15) is 12.8 Å². The van der Waals surface area contributed by atoms with Crippen LogP contribution in [0, 0.1) is 5.82 Å². The van der Waals surface area contributed by atoms with Gasteiger partial charge in [0, 0.05) is 6.42 Å². The van der Waals surface area contributed by atoms with Gasteiger partial charge in [-0.1, -0.05) is 6.07 Å². The number of sulfonamides is 1. The van der Waals surface area contributed by atoms with Crippen molar-refractivity contribution < 1.29 is 32.0 Å². The Bertz CT molecular complexity index is 964. The summed E-state index contributed by atoms with van der Waals surface area (Å²) in [5.74, 6) is 0.204. The smallest absolute Gasteiger partial charge is 0.356 e. The molecule has 28 heavy (non-hydrogen) atoms. The minimum Gasteiger partial charge on any atom is -0.494 e. The van der Waals surface area contributed by atoms with Crippen molar-refractivity contribution in [1.29, 1.82) is 0 Å². The number of halogens is 1. The van der Waals surface area contributed by atoms with Gasteiger partial charge >= 0.3 is 16.0 Å². The summed E-state index contributed by atoms with van der Waals surface area (Å²) in [4.78, 5) is 2.51. The molecule has 2 aromatic rings. The molecule has 0 aliphatic rings. The maximum Gasteiger partial charge on any atom is 0.356 e. The van der Waals surface area contributed by atoms with Gasteiger partial charge in [-0.3, -0.25) is 10.7 Å². The van der Waals surface area contributed by atoms with Crippen LogP contribution in [0.2, 0.25) is 0 Å². The zero-order chi connectivity index (χ0) is 20.7. The van der Waals surface area contributed by atoms with Gasteiger partial charge in [0.25, 0.3) is 0 Å². The van der Waals surface area contributed by atoms with Crippen LogP contribution < -0.4 is 29.7 Å². The summed E-state index contributed by atoms with van der Waals surface area (Å²) in [5, 5.41) is 0. The molecule has 2 rings (SSSR count). The number of benzene rings is 2. The van der Waals surface area contributed by atoms with E-state index >= 15 is 0 Å². The normalized spacial score (nSPS) is 11.8. The summed E-state index contributed by atoms with van der Waals surface area (Å²) in [6.45, 7) is 0.362. The molecule has 0 unspecified atom stereocenters. The number of rotatable bonds is 8. The summed E-state index contributed by atoms with van der Waals surface area (Å²) in [6, 6.07) is 8.77. The van der Waals surface area contributed by atoms with Gasteiger partial charge in [0.05, 0.1) is 27.9 Å². The van der Waals surface area contributed by atoms with Crippen molar-refractivity contribution in [3.8, 4) is 17.2 Å². The summed E-state index contributed by atoms with van der Waals surface area (Å²) < 4.78 is 55.7. The number of ether oxygens (including phenoxy) is 3. The molecule has 0 radical (unpaired) electrons. The first kappa shape index (κ1) is 21.3. The van der Waals surface area contributed by atoms with Gasteiger partial charge in [0.1, 0.15) is 4.90 Å². The Morgan fingerprint density at radius 2 is 1.68 bits per heavy atom. The van der Waals surface area contributed by atoms with Crippen LogP contribution in [0.15, 0.2) is 41.3 Å². The zero-order valence-corrected chi connectivity index (χ0v) is 16.6. The summed E-state index contributed by atoms with van der Waals surface area (Å²) in [5.41, 5.74) is 6.65. The van der Waals surface area contributed by atoms with E-state index < -0.39 is 15.8 Å². The van der Waals surface area contributed by atoms with Crippen molar-refractivity contribution in [2.45, 2.75) is 11.3 Å². The summed E-state index contributed by atoms with van der Waals surface area (Å²) >= 11 is 0. The van der Waals surface area contributed by atoms with E-state index in [-0.39, 0.29) is 16.6 Å². The molecule has 0 saturated carbocycles. The largest absolute Gasteiger partial charge is 0.494 e. The molecule has 0 fully saturated rings. The van der Waals surface area contributed by atoms with Crippen molar-refractivity contribution in [3.05, 3.63) is 47.8 Å². The van der Waals surface area contributed by atoms with Crippen LogP contribution >= 0.6 is 0 Å². The first-order valence-corrected chi connectivity index (χ1v) is 9.72. The van der Waals surface area contributed by atoms with E-state index in [1.54, 1.807) is 20.3 Å². The standard InChI is InChI=1S/C18H22FN3O5S/c1-25-15-7-5-13(11-14(15)19)28(23,24)22-18(20)21-9-8-12-4-6-16(26-2)17(10-12)27-3/h4-7,10-11H,8-9H2,1-3H3,(H3,20,21,22)/p+1. The second kappa shape index (κ2) is 9.27. The first-order valence-electron chi connectivity index (χ1n) is 8.24. The lowest BCUT2D eigenvalue weighted by Gasteiger charge is -2.09. The van der Waals surface area contributed by atoms with E-state index in [0.717, 1.165) is 11.6 Å². The molecule has 0 bridgehead atoms. The maximum absolute atomic E-state index is 13.7. The maximum atomic E-state index is 13.7. The SMILES string of the molecule is COc1ccc(S(=O)(=O)NC(N)=[NH+]CCc2ccc(OC)c(OC)c2)cc1F. The topological polar surface area (TPSA) is 114 Å². The molecule has 0 aliphatic carbocycles. The molecule has 0 spiro atoms. The predicted molar refractivity (Wildman–Crippen MR) is 102 cm³/mol. The molecule has 10 heteroatoms. The van der Waals surface area contributed by atoms with Crippen LogP contribution in [0.1, 0.15) is 5.56 Å². The molecule has 8 nitrogen and oxygen atoms in total. The Labute approximate surface area is 163 Å². The third-order valence-corrected chi connectivity index (χ3v) is 5.22. The third kappa shape index (κ3) is 5.26. The number of hydrogen-bond donors (Lipinski definition) is 3. The molecule has 2 aromatic carbocycles. The average Bonchev–Trinajstić information content (AvgIpc) is 2.67. The van der Waals surface area contributed by atoms with Gasteiger partial charge in [-0.2, -0.15) is 13.1 Å². The third-order valence-electron chi connectivity index (χ3n) is 3.85. The Hall–Kier alpha value is -3.01. The van der Waals surface area contributed by atoms with Crippen molar-refractivity contribution in [1.82, 2.24) is 4.72 Å². The fourth-order valence-electron chi connectivity index (χ4n) is 2.43. The van der Waals surface area contributed by atoms with Gasteiger partial charge < -0.3 is 14.2 Å². The number of methoxy groups -OCH3 is 3. The number of guanidine groups is 1. The second-order valence-corrected chi connectivity index (χ2v) is 7.36. The lowest BCUT2D eigenvalue weighted by molar-refractivity contribution is -0.459. The highest BCUT2D eigenvalue weighted by Gasteiger charge is 2.21. The van der Waals surface area contributed by atoms with Crippen molar-refractivity contribution >= 4 is 16.0 Å². The van der Waals surface area contributed by atoms with Crippen molar-refractivity contribution in [2.75, 3.05) is 27.9 Å². The molecule has 0 saturated heterocycles. The van der Waals surface area contributed by atoms with E-state index in [4.69, 9.17) is 19.9 Å². The van der Waals surface area contributed by atoms with Gasteiger partial charge in [0.2, 0.25) is 0 Å². The predicted octanol–water partition coefficient (Wildman–Crippen LogP) is -0.232. The Kier molecular flexibility index (Phi) is 7.05. The highest BCUT2D eigenvalue weighted by atomic mass is 32.2. The minimum atomic E-state index is -4.03. The van der Waals surface area contributed by atoms with E-state index in [2.05, 4.69) is 9.71 Å². The van der Waals surface area contributed by atoms with Crippen molar-refractivity contribution in [2.24, 2.45) is 5.73 Å². The average molecular weight is 412 g/mol. The van der Waals surface area contributed by atoms with Crippen LogP contribution in [-0.4, -0.2) is 42.3 Å². The monoisotopic (exact) mass is 412 g/mol. The molecular formula is C18H23FN3O5S+. The van der Waals surface area contributed by atoms with Gasteiger partial charge in [-0.05, 0) is 35.9 Å². The van der Waals surface area contributed by atoms with Gasteiger partial charge in [-0.15, -0.1) is 0 Å². The Morgan fingerprint density at radius 3 is 2.29 bits per heavy atom. The molecular weight excluding hydrogens is 389 g/mol.